The highest BCUT2D eigenvalue weighted by molar-refractivity contribution is 5.80. The number of hydrogen-bond donors (Lipinski definition) is 1. The van der Waals surface area contributed by atoms with E-state index in [2.05, 4.69) is 36.1 Å². The molecule has 0 aliphatic heterocycles. The lowest BCUT2D eigenvalue weighted by Gasteiger charge is -2.22. The molecule has 0 atom stereocenters. The molecule has 0 aliphatic rings. The Hall–Kier alpha value is -2.55. The molecule has 0 saturated heterocycles. The van der Waals surface area contributed by atoms with Gasteiger partial charge in [0, 0.05) is 24.2 Å². The molecular weight excluding hydrogens is 258 g/mol. The van der Waals surface area contributed by atoms with E-state index in [0.717, 1.165) is 30.1 Å². The van der Waals surface area contributed by atoms with Crippen LogP contribution < -0.4 is 10.6 Å². The van der Waals surface area contributed by atoms with Gasteiger partial charge in [0.1, 0.15) is 5.82 Å². The molecule has 3 heteroatoms. The maximum Gasteiger partial charge on any atom is 0.129 e. The van der Waals surface area contributed by atoms with Crippen molar-refractivity contribution in [3.63, 3.8) is 0 Å². The standard InChI is InChI=1S/C18H19N3/c1-2-21(13-14-6-5-8-16(19)12-14)18-11-10-15-7-3-4-9-17(15)20-18/h3-12H,2,13,19H2,1H3. The van der Waals surface area contributed by atoms with E-state index in [1.54, 1.807) is 0 Å². The van der Waals surface area contributed by atoms with Crippen molar-refractivity contribution in [3.8, 4) is 0 Å². The van der Waals surface area contributed by atoms with Crippen molar-refractivity contribution >= 4 is 22.4 Å². The van der Waals surface area contributed by atoms with Crippen molar-refractivity contribution in [1.29, 1.82) is 0 Å². The van der Waals surface area contributed by atoms with E-state index in [1.807, 2.05) is 36.4 Å². The number of fused-ring (bicyclic) bond motifs is 1. The van der Waals surface area contributed by atoms with Crippen molar-refractivity contribution in [1.82, 2.24) is 4.98 Å². The summed E-state index contributed by atoms with van der Waals surface area (Å²) in [6, 6.07) is 20.4. The molecule has 0 bridgehead atoms. The molecule has 0 aliphatic carbocycles. The third-order valence-electron chi connectivity index (χ3n) is 3.61. The maximum atomic E-state index is 5.85. The number of hydrogen-bond acceptors (Lipinski definition) is 3. The maximum absolute atomic E-state index is 5.85. The average Bonchev–Trinajstić information content (AvgIpc) is 2.52. The Balaban J connectivity index is 1.90. The number of aromatic nitrogens is 1. The lowest BCUT2D eigenvalue weighted by atomic mass is 10.2. The molecule has 0 saturated carbocycles. The second-order valence-electron chi connectivity index (χ2n) is 5.12. The summed E-state index contributed by atoms with van der Waals surface area (Å²) in [5.74, 6) is 0.999. The van der Waals surface area contributed by atoms with E-state index in [0.29, 0.717) is 0 Å². The van der Waals surface area contributed by atoms with Gasteiger partial charge in [-0.2, -0.15) is 0 Å². The Morgan fingerprint density at radius 1 is 1.00 bits per heavy atom. The third-order valence-corrected chi connectivity index (χ3v) is 3.61. The molecule has 1 aromatic heterocycles. The van der Waals surface area contributed by atoms with Crippen LogP contribution >= 0.6 is 0 Å². The van der Waals surface area contributed by atoms with Gasteiger partial charge in [-0.15, -0.1) is 0 Å². The van der Waals surface area contributed by atoms with Gasteiger partial charge in [0.05, 0.1) is 5.52 Å². The van der Waals surface area contributed by atoms with E-state index >= 15 is 0 Å². The summed E-state index contributed by atoms with van der Waals surface area (Å²) in [5.41, 5.74) is 8.89. The predicted molar refractivity (Wildman–Crippen MR) is 89.3 cm³/mol. The molecule has 2 N–H and O–H groups in total. The second kappa shape index (κ2) is 5.83. The first-order valence-corrected chi connectivity index (χ1v) is 7.21. The molecule has 0 fully saturated rings. The van der Waals surface area contributed by atoms with Crippen LogP contribution in [0.15, 0.2) is 60.7 Å². The van der Waals surface area contributed by atoms with Gasteiger partial charge in [-0.05, 0) is 42.8 Å². The fraction of sp³-hybridized carbons (Fsp3) is 0.167. The molecule has 3 aromatic rings. The van der Waals surface area contributed by atoms with Gasteiger partial charge in [0.2, 0.25) is 0 Å². The Labute approximate surface area is 125 Å². The lowest BCUT2D eigenvalue weighted by molar-refractivity contribution is 0.817. The van der Waals surface area contributed by atoms with Crippen molar-refractivity contribution in [2.24, 2.45) is 0 Å². The molecule has 0 radical (unpaired) electrons. The number of nitrogens with two attached hydrogens (primary N) is 1. The summed E-state index contributed by atoms with van der Waals surface area (Å²) in [7, 11) is 0. The number of benzene rings is 2. The van der Waals surface area contributed by atoms with Crippen molar-refractivity contribution < 1.29 is 0 Å². The molecule has 3 rings (SSSR count). The fourth-order valence-electron chi connectivity index (χ4n) is 2.50. The van der Waals surface area contributed by atoms with Gasteiger partial charge < -0.3 is 10.6 Å². The van der Waals surface area contributed by atoms with Crippen LogP contribution in [0.3, 0.4) is 0 Å². The summed E-state index contributed by atoms with van der Waals surface area (Å²) in [4.78, 5) is 7.01. The van der Waals surface area contributed by atoms with E-state index < -0.39 is 0 Å². The molecule has 21 heavy (non-hydrogen) atoms. The van der Waals surface area contributed by atoms with Crippen LogP contribution in [0.25, 0.3) is 10.9 Å². The molecule has 0 amide bonds. The van der Waals surface area contributed by atoms with Crippen LogP contribution in [0, 0.1) is 0 Å². The van der Waals surface area contributed by atoms with Gasteiger partial charge in [0.15, 0.2) is 0 Å². The van der Waals surface area contributed by atoms with Crippen molar-refractivity contribution in [3.05, 3.63) is 66.2 Å². The second-order valence-corrected chi connectivity index (χ2v) is 5.12. The van der Waals surface area contributed by atoms with E-state index in [-0.39, 0.29) is 0 Å². The van der Waals surface area contributed by atoms with Gasteiger partial charge >= 0.3 is 0 Å². The monoisotopic (exact) mass is 277 g/mol. The van der Waals surface area contributed by atoms with Crippen LogP contribution in [0.4, 0.5) is 11.5 Å². The zero-order valence-electron chi connectivity index (χ0n) is 12.2. The highest BCUT2D eigenvalue weighted by atomic mass is 15.2. The summed E-state index contributed by atoms with van der Waals surface area (Å²) in [5, 5.41) is 1.17. The molecular formula is C18H19N3. The summed E-state index contributed by atoms with van der Waals surface area (Å²) >= 11 is 0. The SMILES string of the molecule is CCN(Cc1cccc(N)c1)c1ccc2ccccc2n1. The van der Waals surface area contributed by atoms with Crippen LogP contribution in [0.2, 0.25) is 0 Å². The molecule has 106 valence electrons. The van der Waals surface area contributed by atoms with Crippen LogP contribution in [-0.4, -0.2) is 11.5 Å². The number of para-hydroxylation sites is 1. The Kier molecular flexibility index (Phi) is 3.73. The summed E-state index contributed by atoms with van der Waals surface area (Å²) in [6.07, 6.45) is 0. The van der Waals surface area contributed by atoms with E-state index in [1.165, 1.54) is 10.9 Å². The van der Waals surface area contributed by atoms with E-state index in [4.69, 9.17) is 10.7 Å². The minimum absolute atomic E-state index is 0.801. The zero-order valence-corrected chi connectivity index (χ0v) is 12.2. The Morgan fingerprint density at radius 3 is 2.67 bits per heavy atom. The van der Waals surface area contributed by atoms with Crippen LogP contribution in [0.5, 0.6) is 0 Å². The first kappa shape index (κ1) is 13.4. The highest BCUT2D eigenvalue weighted by Gasteiger charge is 2.07. The number of nitrogen functional groups attached to an aromatic ring is 1. The smallest absolute Gasteiger partial charge is 0.129 e. The first-order valence-electron chi connectivity index (χ1n) is 7.21. The summed E-state index contributed by atoms with van der Waals surface area (Å²) in [6.45, 7) is 3.86. The Morgan fingerprint density at radius 2 is 1.86 bits per heavy atom. The van der Waals surface area contributed by atoms with Crippen LogP contribution in [0.1, 0.15) is 12.5 Å². The number of nitrogens with zero attached hydrogens (tertiary/aromatic N) is 2. The number of rotatable bonds is 4. The fourth-order valence-corrected chi connectivity index (χ4v) is 2.50. The topological polar surface area (TPSA) is 42.1 Å². The minimum atomic E-state index is 0.801. The van der Waals surface area contributed by atoms with Gasteiger partial charge in [-0.3, -0.25) is 0 Å². The largest absolute Gasteiger partial charge is 0.399 e. The lowest BCUT2D eigenvalue weighted by Crippen LogP contribution is -2.23. The predicted octanol–water partition coefficient (Wildman–Crippen LogP) is 3.84. The summed E-state index contributed by atoms with van der Waals surface area (Å²) < 4.78 is 0. The minimum Gasteiger partial charge on any atom is -0.399 e. The third kappa shape index (κ3) is 2.97. The number of pyridine rings is 1. The number of anilines is 2. The molecule has 0 spiro atoms. The van der Waals surface area contributed by atoms with Gasteiger partial charge in [-0.25, -0.2) is 4.98 Å². The average molecular weight is 277 g/mol. The Bertz CT molecular complexity index is 752. The van der Waals surface area contributed by atoms with Gasteiger partial charge in [-0.1, -0.05) is 30.3 Å². The molecule has 2 aromatic carbocycles. The van der Waals surface area contributed by atoms with Crippen LogP contribution in [-0.2, 0) is 6.54 Å². The van der Waals surface area contributed by atoms with Crippen molar-refractivity contribution in [2.45, 2.75) is 13.5 Å². The zero-order chi connectivity index (χ0) is 14.7. The van der Waals surface area contributed by atoms with E-state index in [9.17, 15) is 0 Å². The van der Waals surface area contributed by atoms with Crippen molar-refractivity contribution in [2.75, 3.05) is 17.2 Å². The highest BCUT2D eigenvalue weighted by Crippen LogP contribution is 2.20. The quantitative estimate of drug-likeness (QED) is 0.737. The first-order chi connectivity index (χ1) is 10.3. The normalized spacial score (nSPS) is 10.7. The van der Waals surface area contributed by atoms with Gasteiger partial charge in [0.25, 0.3) is 0 Å². The molecule has 0 unspecified atom stereocenters. The molecule has 3 nitrogen and oxygen atoms in total. The molecule has 1 heterocycles.